The lowest BCUT2D eigenvalue weighted by Gasteiger charge is -2.31. The van der Waals surface area contributed by atoms with E-state index < -0.39 is 0 Å². The van der Waals surface area contributed by atoms with Gasteiger partial charge in [0.05, 0.1) is 0 Å². The quantitative estimate of drug-likeness (QED) is 0.689. The van der Waals surface area contributed by atoms with Crippen LogP contribution in [-0.2, 0) is 6.42 Å². The van der Waals surface area contributed by atoms with Crippen molar-refractivity contribution < 1.29 is 4.79 Å². The van der Waals surface area contributed by atoms with Crippen LogP contribution in [0.4, 0.5) is 0 Å². The molecule has 2 atom stereocenters. The summed E-state index contributed by atoms with van der Waals surface area (Å²) in [4.78, 5) is 11.0. The normalized spacial score (nSPS) is 23.8. The molecule has 0 saturated heterocycles. The number of hydrogen-bond acceptors (Lipinski definition) is 1. The topological polar surface area (TPSA) is 17.1 Å². The molecule has 1 aromatic rings. The SMILES string of the molecule is CCC1CCCCC1CCc1ccccc1C=O. The zero-order chi connectivity index (χ0) is 12.8. The van der Waals surface area contributed by atoms with Gasteiger partial charge in [0.25, 0.3) is 0 Å². The van der Waals surface area contributed by atoms with E-state index in [1.807, 2.05) is 18.2 Å². The smallest absolute Gasteiger partial charge is 0.150 e. The van der Waals surface area contributed by atoms with Crippen LogP contribution in [0.3, 0.4) is 0 Å². The van der Waals surface area contributed by atoms with E-state index in [4.69, 9.17) is 0 Å². The summed E-state index contributed by atoms with van der Waals surface area (Å²) in [5.41, 5.74) is 2.11. The molecule has 0 heterocycles. The third-order valence-electron chi connectivity index (χ3n) is 4.56. The Balaban J connectivity index is 1.95. The van der Waals surface area contributed by atoms with Crippen LogP contribution in [-0.4, -0.2) is 6.29 Å². The van der Waals surface area contributed by atoms with Gasteiger partial charge in [-0.1, -0.05) is 63.3 Å². The van der Waals surface area contributed by atoms with Gasteiger partial charge in [0, 0.05) is 5.56 Å². The molecular weight excluding hydrogens is 220 g/mol. The van der Waals surface area contributed by atoms with Crippen molar-refractivity contribution in [2.75, 3.05) is 0 Å². The van der Waals surface area contributed by atoms with Crippen molar-refractivity contribution in [3.05, 3.63) is 35.4 Å². The van der Waals surface area contributed by atoms with Crippen LogP contribution in [0.2, 0.25) is 0 Å². The zero-order valence-electron chi connectivity index (χ0n) is 11.4. The molecule has 0 amide bonds. The van der Waals surface area contributed by atoms with Crippen molar-refractivity contribution in [3.63, 3.8) is 0 Å². The van der Waals surface area contributed by atoms with Crippen LogP contribution in [0.15, 0.2) is 24.3 Å². The van der Waals surface area contributed by atoms with Crippen molar-refractivity contribution in [2.45, 2.75) is 51.9 Å². The molecule has 2 unspecified atom stereocenters. The van der Waals surface area contributed by atoms with Gasteiger partial charge in [-0.15, -0.1) is 0 Å². The number of carbonyl (C=O) groups excluding carboxylic acids is 1. The maximum Gasteiger partial charge on any atom is 0.150 e. The maximum absolute atomic E-state index is 11.0. The van der Waals surface area contributed by atoms with Crippen LogP contribution in [0.25, 0.3) is 0 Å². The number of hydrogen-bond donors (Lipinski definition) is 0. The van der Waals surface area contributed by atoms with E-state index in [2.05, 4.69) is 13.0 Å². The minimum Gasteiger partial charge on any atom is -0.298 e. The summed E-state index contributed by atoms with van der Waals surface area (Å²) in [5.74, 6) is 1.80. The van der Waals surface area contributed by atoms with E-state index in [-0.39, 0.29) is 0 Å². The van der Waals surface area contributed by atoms with Gasteiger partial charge < -0.3 is 0 Å². The molecule has 1 heteroatoms. The molecule has 1 aromatic carbocycles. The average molecular weight is 244 g/mol. The van der Waals surface area contributed by atoms with E-state index in [0.29, 0.717) is 0 Å². The Morgan fingerprint density at radius 3 is 2.61 bits per heavy atom. The highest BCUT2D eigenvalue weighted by molar-refractivity contribution is 5.77. The highest BCUT2D eigenvalue weighted by Gasteiger charge is 2.23. The largest absolute Gasteiger partial charge is 0.298 e. The number of aldehydes is 1. The summed E-state index contributed by atoms with van der Waals surface area (Å²) in [6, 6.07) is 8.03. The molecule has 0 aliphatic heterocycles. The van der Waals surface area contributed by atoms with Gasteiger partial charge in [0.1, 0.15) is 6.29 Å². The third kappa shape index (κ3) is 3.22. The lowest BCUT2D eigenvalue weighted by atomic mass is 9.75. The Kier molecular flexibility index (Phi) is 4.98. The van der Waals surface area contributed by atoms with Gasteiger partial charge >= 0.3 is 0 Å². The Labute approximate surface area is 111 Å². The Morgan fingerprint density at radius 1 is 1.17 bits per heavy atom. The van der Waals surface area contributed by atoms with Gasteiger partial charge in [-0.3, -0.25) is 4.79 Å². The molecule has 1 aliphatic rings. The molecule has 2 rings (SSSR count). The number of benzene rings is 1. The molecule has 1 saturated carbocycles. The molecule has 1 aliphatic carbocycles. The third-order valence-corrected chi connectivity index (χ3v) is 4.56. The fraction of sp³-hybridized carbons (Fsp3) is 0.588. The highest BCUT2D eigenvalue weighted by Crippen LogP contribution is 2.35. The fourth-order valence-corrected chi connectivity index (χ4v) is 3.42. The fourth-order valence-electron chi connectivity index (χ4n) is 3.42. The van der Waals surface area contributed by atoms with Gasteiger partial charge in [0.15, 0.2) is 0 Å². The molecule has 1 nitrogen and oxygen atoms in total. The van der Waals surface area contributed by atoms with Crippen molar-refractivity contribution >= 4 is 6.29 Å². The summed E-state index contributed by atoms with van der Waals surface area (Å²) in [6.07, 6.45) is 10.3. The van der Waals surface area contributed by atoms with Crippen LogP contribution in [0.5, 0.6) is 0 Å². The van der Waals surface area contributed by atoms with Crippen LogP contribution >= 0.6 is 0 Å². The second-order valence-corrected chi connectivity index (χ2v) is 5.57. The Hall–Kier alpha value is -1.11. The van der Waals surface area contributed by atoms with Gasteiger partial charge in [0.2, 0.25) is 0 Å². The first-order valence-electron chi connectivity index (χ1n) is 7.38. The number of rotatable bonds is 5. The van der Waals surface area contributed by atoms with Crippen molar-refractivity contribution in [2.24, 2.45) is 11.8 Å². The van der Waals surface area contributed by atoms with Crippen molar-refractivity contribution in [1.82, 2.24) is 0 Å². The predicted octanol–water partition coefficient (Wildman–Crippen LogP) is 4.65. The van der Waals surface area contributed by atoms with Crippen LogP contribution < -0.4 is 0 Å². The maximum atomic E-state index is 11.0. The molecule has 0 bridgehead atoms. The lowest BCUT2D eigenvalue weighted by Crippen LogP contribution is -2.19. The molecule has 1 fully saturated rings. The van der Waals surface area contributed by atoms with Gasteiger partial charge in [-0.2, -0.15) is 0 Å². The van der Waals surface area contributed by atoms with Crippen LogP contribution in [0.1, 0.15) is 61.4 Å². The van der Waals surface area contributed by atoms with Gasteiger partial charge in [-0.05, 0) is 30.2 Å². The van der Waals surface area contributed by atoms with E-state index >= 15 is 0 Å². The van der Waals surface area contributed by atoms with E-state index in [1.165, 1.54) is 44.1 Å². The van der Waals surface area contributed by atoms with Gasteiger partial charge in [-0.25, -0.2) is 0 Å². The first kappa shape index (κ1) is 13.3. The van der Waals surface area contributed by atoms with Crippen LogP contribution in [0, 0.1) is 11.8 Å². The molecule has 0 aromatic heterocycles. The minimum absolute atomic E-state index is 0.876. The van der Waals surface area contributed by atoms with Crippen molar-refractivity contribution in [3.8, 4) is 0 Å². The monoisotopic (exact) mass is 244 g/mol. The summed E-state index contributed by atoms with van der Waals surface area (Å²) in [7, 11) is 0. The average Bonchev–Trinajstić information content (AvgIpc) is 2.45. The number of aryl methyl sites for hydroxylation is 1. The molecule has 0 N–H and O–H groups in total. The summed E-state index contributed by atoms with van der Waals surface area (Å²) >= 11 is 0. The summed E-state index contributed by atoms with van der Waals surface area (Å²) in [5, 5.41) is 0. The zero-order valence-corrected chi connectivity index (χ0v) is 11.4. The summed E-state index contributed by atoms with van der Waals surface area (Å²) in [6.45, 7) is 2.32. The molecule has 0 radical (unpaired) electrons. The summed E-state index contributed by atoms with van der Waals surface area (Å²) < 4.78 is 0. The Bertz CT molecular complexity index is 383. The van der Waals surface area contributed by atoms with E-state index in [9.17, 15) is 4.79 Å². The highest BCUT2D eigenvalue weighted by atomic mass is 16.1. The molecule has 0 spiro atoms. The predicted molar refractivity (Wildman–Crippen MR) is 75.9 cm³/mol. The molecule has 18 heavy (non-hydrogen) atoms. The standard InChI is InChI=1S/C17H24O/c1-2-14-7-3-4-8-15(14)11-12-16-9-5-6-10-17(16)13-18/h5-6,9-10,13-15H,2-4,7-8,11-12H2,1H3. The van der Waals surface area contributed by atoms with E-state index in [1.54, 1.807) is 0 Å². The second-order valence-electron chi connectivity index (χ2n) is 5.57. The molecular formula is C17H24O. The number of carbonyl (C=O) groups is 1. The molecule has 98 valence electrons. The van der Waals surface area contributed by atoms with E-state index in [0.717, 1.165) is 30.1 Å². The Morgan fingerprint density at radius 2 is 1.89 bits per heavy atom. The minimum atomic E-state index is 0.876. The first-order valence-corrected chi connectivity index (χ1v) is 7.38. The van der Waals surface area contributed by atoms with Crippen molar-refractivity contribution in [1.29, 1.82) is 0 Å². The first-order chi connectivity index (χ1) is 8.85. The lowest BCUT2D eigenvalue weighted by molar-refractivity contribution is 0.112. The second kappa shape index (κ2) is 6.72.